The van der Waals surface area contributed by atoms with Gasteiger partial charge in [-0.25, -0.2) is 0 Å². The average molecular weight is 188 g/mol. The molecule has 1 aromatic rings. The predicted octanol–water partition coefficient (Wildman–Crippen LogP) is 1.52. The highest BCUT2D eigenvalue weighted by molar-refractivity contribution is 7.39. The van der Waals surface area contributed by atoms with Crippen molar-refractivity contribution in [1.82, 2.24) is 0 Å². The van der Waals surface area contributed by atoms with Crippen LogP contribution in [-0.4, -0.2) is 9.79 Å². The van der Waals surface area contributed by atoms with E-state index < -0.39 is 8.60 Å². The Morgan fingerprint density at radius 1 is 1.17 bits per heavy atom. The van der Waals surface area contributed by atoms with Crippen molar-refractivity contribution >= 4 is 8.60 Å². The summed E-state index contributed by atoms with van der Waals surface area (Å²) < 4.78 is 4.14. The van der Waals surface area contributed by atoms with Crippen molar-refractivity contribution < 1.29 is 19.3 Å². The summed E-state index contributed by atoms with van der Waals surface area (Å²) in [5.74, 6) is 0.441. The van der Waals surface area contributed by atoms with E-state index in [9.17, 15) is 0 Å². The first kappa shape index (κ1) is 9.42. The maximum absolute atomic E-state index is 8.34. The minimum atomic E-state index is -2.45. The molecule has 0 aliphatic carbocycles. The molecule has 0 fully saturated rings. The third-order valence-corrected chi connectivity index (χ3v) is 1.43. The molecule has 0 saturated heterocycles. The molecule has 0 bridgehead atoms. The molecule has 0 aliphatic rings. The van der Waals surface area contributed by atoms with Crippen molar-refractivity contribution in [3.8, 4) is 5.75 Å². The molecule has 4 nitrogen and oxygen atoms in total. The summed E-state index contributed by atoms with van der Waals surface area (Å²) >= 11 is 0. The van der Waals surface area contributed by atoms with Crippen LogP contribution in [0.4, 0.5) is 0 Å². The number of hydrogen-bond donors (Lipinski definition) is 2. The lowest BCUT2D eigenvalue weighted by molar-refractivity contribution is -0.109. The van der Waals surface area contributed by atoms with Crippen LogP contribution in [0.2, 0.25) is 0 Å². The SMILES string of the molecule is Cc1ccc(OOP(O)O)cc1. The lowest BCUT2D eigenvalue weighted by atomic mass is 10.2. The Balaban J connectivity index is 2.48. The smallest absolute Gasteiger partial charge is 0.329 e. The Morgan fingerprint density at radius 2 is 1.75 bits per heavy atom. The number of benzene rings is 1. The van der Waals surface area contributed by atoms with Gasteiger partial charge in [-0.15, -0.1) is 4.67 Å². The van der Waals surface area contributed by atoms with Crippen LogP contribution in [0.25, 0.3) is 0 Å². The van der Waals surface area contributed by atoms with Crippen LogP contribution in [0.15, 0.2) is 24.3 Å². The Labute approximate surface area is 71.3 Å². The molecule has 2 N–H and O–H groups in total. The van der Waals surface area contributed by atoms with Crippen molar-refractivity contribution in [2.75, 3.05) is 0 Å². The molecule has 0 radical (unpaired) electrons. The van der Waals surface area contributed by atoms with Crippen LogP contribution in [0.5, 0.6) is 5.75 Å². The normalized spacial score (nSPS) is 10.3. The topological polar surface area (TPSA) is 58.9 Å². The van der Waals surface area contributed by atoms with Gasteiger partial charge in [-0.1, -0.05) is 17.7 Å². The van der Waals surface area contributed by atoms with Gasteiger partial charge >= 0.3 is 8.60 Å². The van der Waals surface area contributed by atoms with Crippen LogP contribution in [0.3, 0.4) is 0 Å². The van der Waals surface area contributed by atoms with Crippen molar-refractivity contribution in [3.05, 3.63) is 29.8 Å². The average Bonchev–Trinajstić information content (AvgIpc) is 2.03. The van der Waals surface area contributed by atoms with Crippen LogP contribution in [-0.2, 0) is 4.67 Å². The molecule has 0 amide bonds. The van der Waals surface area contributed by atoms with Crippen LogP contribution >= 0.6 is 8.60 Å². The first-order chi connectivity index (χ1) is 5.68. The van der Waals surface area contributed by atoms with E-state index in [1.165, 1.54) is 0 Å². The maximum Gasteiger partial charge on any atom is 0.370 e. The first-order valence-electron chi connectivity index (χ1n) is 3.27. The van der Waals surface area contributed by atoms with Crippen molar-refractivity contribution in [2.24, 2.45) is 0 Å². The van der Waals surface area contributed by atoms with Crippen molar-refractivity contribution in [1.29, 1.82) is 0 Å². The Bertz CT molecular complexity index is 234. The van der Waals surface area contributed by atoms with E-state index in [1.54, 1.807) is 12.1 Å². The monoisotopic (exact) mass is 188 g/mol. The molecule has 0 aromatic heterocycles. The summed E-state index contributed by atoms with van der Waals surface area (Å²) in [5, 5.41) is 0. The van der Waals surface area contributed by atoms with Gasteiger partial charge in [0.25, 0.3) is 0 Å². The molecular weight excluding hydrogens is 179 g/mol. The van der Waals surface area contributed by atoms with Gasteiger partial charge in [-0.2, -0.15) is 0 Å². The quantitative estimate of drug-likeness (QED) is 0.429. The summed E-state index contributed by atoms with van der Waals surface area (Å²) in [6.45, 7) is 1.94. The molecule has 12 heavy (non-hydrogen) atoms. The summed E-state index contributed by atoms with van der Waals surface area (Å²) in [6.07, 6.45) is 0. The summed E-state index contributed by atoms with van der Waals surface area (Å²) in [6, 6.07) is 7.01. The molecule has 0 spiro atoms. The van der Waals surface area contributed by atoms with Gasteiger partial charge in [0.2, 0.25) is 0 Å². The molecule has 1 rings (SSSR count). The third-order valence-electron chi connectivity index (χ3n) is 1.22. The van der Waals surface area contributed by atoms with E-state index in [0.29, 0.717) is 5.75 Å². The van der Waals surface area contributed by atoms with Crippen molar-refractivity contribution in [3.63, 3.8) is 0 Å². The Hall–Kier alpha value is -0.670. The van der Waals surface area contributed by atoms with E-state index in [0.717, 1.165) is 5.56 Å². The third kappa shape index (κ3) is 3.15. The van der Waals surface area contributed by atoms with Gasteiger partial charge in [-0.3, -0.25) is 0 Å². The standard InChI is InChI=1S/C7H9O4P/c1-6-2-4-7(5-3-6)10-11-12(8)9/h2-5,8-9H,1H3. The van der Waals surface area contributed by atoms with Crippen LogP contribution in [0.1, 0.15) is 5.56 Å². The molecule has 5 heteroatoms. The minimum absolute atomic E-state index is 0.441. The van der Waals surface area contributed by atoms with Gasteiger partial charge in [0, 0.05) is 0 Å². The van der Waals surface area contributed by atoms with Gasteiger partial charge in [0.15, 0.2) is 5.75 Å². The second-order valence-electron chi connectivity index (χ2n) is 2.22. The molecule has 0 heterocycles. The molecule has 0 saturated carbocycles. The lowest BCUT2D eigenvalue weighted by Gasteiger charge is -2.03. The molecular formula is C7H9O4P. The number of aryl methyl sites for hydroxylation is 1. The first-order valence-corrected chi connectivity index (χ1v) is 4.44. The highest BCUT2D eigenvalue weighted by atomic mass is 31.2. The van der Waals surface area contributed by atoms with Gasteiger partial charge in [0.05, 0.1) is 0 Å². The van der Waals surface area contributed by atoms with Gasteiger partial charge < -0.3 is 14.7 Å². The zero-order valence-electron chi connectivity index (χ0n) is 6.47. The lowest BCUT2D eigenvalue weighted by Crippen LogP contribution is -1.90. The van der Waals surface area contributed by atoms with E-state index in [-0.39, 0.29) is 0 Å². The summed E-state index contributed by atoms with van der Waals surface area (Å²) in [7, 11) is -2.45. The molecule has 0 atom stereocenters. The highest BCUT2D eigenvalue weighted by Crippen LogP contribution is 2.26. The largest absolute Gasteiger partial charge is 0.370 e. The predicted molar refractivity (Wildman–Crippen MR) is 44.2 cm³/mol. The van der Waals surface area contributed by atoms with E-state index >= 15 is 0 Å². The molecule has 0 unspecified atom stereocenters. The maximum atomic E-state index is 8.34. The van der Waals surface area contributed by atoms with Crippen LogP contribution in [0, 0.1) is 6.92 Å². The fourth-order valence-corrected chi connectivity index (χ4v) is 0.823. The zero-order chi connectivity index (χ0) is 8.97. The number of rotatable bonds is 3. The Morgan fingerprint density at radius 3 is 2.25 bits per heavy atom. The highest BCUT2D eigenvalue weighted by Gasteiger charge is 2.01. The van der Waals surface area contributed by atoms with Gasteiger partial charge in [-0.05, 0) is 19.1 Å². The van der Waals surface area contributed by atoms with Gasteiger partial charge in [0.1, 0.15) is 0 Å². The zero-order valence-corrected chi connectivity index (χ0v) is 7.36. The number of hydrogen-bond acceptors (Lipinski definition) is 4. The fourth-order valence-electron chi connectivity index (χ4n) is 0.670. The van der Waals surface area contributed by atoms with Crippen LogP contribution < -0.4 is 4.89 Å². The van der Waals surface area contributed by atoms with E-state index in [4.69, 9.17) is 9.79 Å². The second-order valence-corrected chi connectivity index (χ2v) is 2.88. The van der Waals surface area contributed by atoms with Crippen molar-refractivity contribution in [2.45, 2.75) is 6.92 Å². The summed E-state index contributed by atoms with van der Waals surface area (Å²) in [4.78, 5) is 21.2. The Kier molecular flexibility index (Phi) is 3.44. The second kappa shape index (κ2) is 4.38. The minimum Gasteiger partial charge on any atom is -0.329 e. The molecule has 1 aromatic carbocycles. The molecule has 66 valence electrons. The van der Waals surface area contributed by atoms with E-state index in [2.05, 4.69) is 9.56 Å². The van der Waals surface area contributed by atoms with E-state index in [1.807, 2.05) is 19.1 Å². The molecule has 0 aliphatic heterocycles. The fraction of sp³-hybridized carbons (Fsp3) is 0.143. The summed E-state index contributed by atoms with van der Waals surface area (Å²) in [5.41, 5.74) is 1.10.